The average Bonchev–Trinajstić information content (AvgIpc) is 2.49. The van der Waals surface area contributed by atoms with Crippen LogP contribution in [-0.4, -0.2) is 17.7 Å². The van der Waals surface area contributed by atoms with Crippen LogP contribution in [0, 0.1) is 0 Å². The van der Waals surface area contributed by atoms with Crippen LogP contribution >= 0.6 is 11.6 Å². The van der Waals surface area contributed by atoms with Gasteiger partial charge in [-0.1, -0.05) is 35.9 Å². The number of pyridine rings is 1. The summed E-state index contributed by atoms with van der Waals surface area (Å²) in [4.78, 5) is 12.3. The molecule has 0 radical (unpaired) electrons. The second kappa shape index (κ2) is 4.72. The number of halogens is 1. The maximum absolute atomic E-state index is 12.3. The van der Waals surface area contributed by atoms with Gasteiger partial charge in [0, 0.05) is 47.8 Å². The van der Waals surface area contributed by atoms with Crippen LogP contribution in [0.25, 0.3) is 0 Å². The van der Waals surface area contributed by atoms with Gasteiger partial charge < -0.3 is 9.88 Å². The van der Waals surface area contributed by atoms with Gasteiger partial charge in [-0.3, -0.25) is 4.79 Å². The molecule has 2 aliphatic heterocycles. The number of aromatic nitrogens is 1. The van der Waals surface area contributed by atoms with Crippen LogP contribution < -0.4 is 10.9 Å². The first kappa shape index (κ1) is 13.1. The molecule has 4 heteroatoms. The Bertz CT molecular complexity index is 754. The van der Waals surface area contributed by atoms with Gasteiger partial charge in [0.15, 0.2) is 0 Å². The fourth-order valence-corrected chi connectivity index (χ4v) is 4.31. The lowest BCUT2D eigenvalue weighted by Gasteiger charge is -2.47. The lowest BCUT2D eigenvalue weighted by atomic mass is 9.68. The highest BCUT2D eigenvalue weighted by atomic mass is 35.5. The normalized spacial score (nSPS) is 27.2. The third-order valence-electron chi connectivity index (χ3n) is 4.90. The Balaban J connectivity index is 1.90. The van der Waals surface area contributed by atoms with Gasteiger partial charge in [0.2, 0.25) is 0 Å². The number of hydrogen-bond donors (Lipinski definition) is 1. The highest BCUT2D eigenvalue weighted by molar-refractivity contribution is 6.31. The summed E-state index contributed by atoms with van der Waals surface area (Å²) >= 11 is 6.45. The van der Waals surface area contributed by atoms with Crippen molar-refractivity contribution in [3.05, 3.63) is 69.1 Å². The molecule has 1 aromatic heterocycles. The van der Waals surface area contributed by atoms with E-state index in [4.69, 9.17) is 11.6 Å². The molecular formula is C17H17ClN2O. The van der Waals surface area contributed by atoms with Crippen molar-refractivity contribution in [1.29, 1.82) is 0 Å². The SMILES string of the molecule is O=c1cccc2n1C[C@]1(c3ccccc3Cl)CNC[C@H]2C1. The lowest BCUT2D eigenvalue weighted by Crippen LogP contribution is -2.54. The van der Waals surface area contributed by atoms with E-state index in [2.05, 4.69) is 17.4 Å². The van der Waals surface area contributed by atoms with Gasteiger partial charge in [0.1, 0.15) is 0 Å². The highest BCUT2D eigenvalue weighted by Crippen LogP contribution is 2.44. The molecule has 4 rings (SSSR count). The van der Waals surface area contributed by atoms with Crippen LogP contribution in [0.1, 0.15) is 23.6 Å². The van der Waals surface area contributed by atoms with Crippen molar-refractivity contribution in [3.8, 4) is 0 Å². The van der Waals surface area contributed by atoms with Gasteiger partial charge in [-0.2, -0.15) is 0 Å². The minimum atomic E-state index is -0.0839. The van der Waals surface area contributed by atoms with Crippen molar-refractivity contribution >= 4 is 11.6 Å². The first-order valence-electron chi connectivity index (χ1n) is 7.35. The predicted octanol–water partition coefficient (Wildman–Crippen LogP) is 2.53. The highest BCUT2D eigenvalue weighted by Gasteiger charge is 2.44. The summed E-state index contributed by atoms with van der Waals surface area (Å²) in [6.45, 7) is 2.50. The van der Waals surface area contributed by atoms with Crippen LogP contribution in [0.2, 0.25) is 5.02 Å². The summed E-state index contributed by atoms with van der Waals surface area (Å²) in [5.41, 5.74) is 2.32. The fourth-order valence-electron chi connectivity index (χ4n) is 3.98. The predicted molar refractivity (Wildman–Crippen MR) is 84.1 cm³/mol. The van der Waals surface area contributed by atoms with Crippen LogP contribution in [0.15, 0.2) is 47.3 Å². The molecule has 3 nitrogen and oxygen atoms in total. The van der Waals surface area contributed by atoms with E-state index in [0.717, 1.165) is 35.8 Å². The number of hydrogen-bond acceptors (Lipinski definition) is 2. The van der Waals surface area contributed by atoms with Crippen molar-refractivity contribution in [1.82, 2.24) is 9.88 Å². The Kier molecular flexibility index (Phi) is 2.95. The summed E-state index contributed by atoms with van der Waals surface area (Å²) in [6.07, 6.45) is 1.05. The summed E-state index contributed by atoms with van der Waals surface area (Å²) in [6, 6.07) is 13.6. The Hall–Kier alpha value is -1.58. The number of piperidine rings is 1. The van der Waals surface area contributed by atoms with Crippen LogP contribution in [0.5, 0.6) is 0 Å². The largest absolute Gasteiger partial charge is 0.315 e. The van der Waals surface area contributed by atoms with Gasteiger partial charge >= 0.3 is 0 Å². The Morgan fingerprint density at radius 1 is 1.19 bits per heavy atom. The van der Waals surface area contributed by atoms with Crippen LogP contribution in [0.4, 0.5) is 0 Å². The Morgan fingerprint density at radius 3 is 2.90 bits per heavy atom. The number of nitrogens with zero attached hydrogens (tertiary/aromatic N) is 1. The van der Waals surface area contributed by atoms with E-state index in [1.54, 1.807) is 6.07 Å². The van der Waals surface area contributed by atoms with E-state index in [1.807, 2.05) is 28.8 Å². The molecule has 1 N–H and O–H groups in total. The topological polar surface area (TPSA) is 34.0 Å². The molecule has 0 unspecified atom stereocenters. The monoisotopic (exact) mass is 300 g/mol. The number of rotatable bonds is 1. The third kappa shape index (κ3) is 1.95. The summed E-state index contributed by atoms with van der Waals surface area (Å²) in [5.74, 6) is 0.373. The van der Waals surface area contributed by atoms with Crippen molar-refractivity contribution in [2.75, 3.05) is 13.1 Å². The minimum Gasteiger partial charge on any atom is -0.315 e. The van der Waals surface area contributed by atoms with E-state index in [9.17, 15) is 4.79 Å². The van der Waals surface area contributed by atoms with E-state index < -0.39 is 0 Å². The average molecular weight is 301 g/mol. The molecule has 1 saturated heterocycles. The lowest BCUT2D eigenvalue weighted by molar-refractivity contribution is 0.207. The molecule has 2 aliphatic rings. The van der Waals surface area contributed by atoms with Crippen LogP contribution in [-0.2, 0) is 12.0 Å². The van der Waals surface area contributed by atoms with Crippen molar-refractivity contribution in [2.24, 2.45) is 0 Å². The zero-order valence-corrected chi connectivity index (χ0v) is 12.4. The summed E-state index contributed by atoms with van der Waals surface area (Å²) in [5, 5.41) is 4.34. The molecule has 1 fully saturated rings. The quantitative estimate of drug-likeness (QED) is 0.878. The van der Waals surface area contributed by atoms with Crippen LogP contribution in [0.3, 0.4) is 0 Å². The summed E-state index contributed by atoms with van der Waals surface area (Å²) in [7, 11) is 0. The molecule has 1 aromatic carbocycles. The molecule has 0 amide bonds. The third-order valence-corrected chi connectivity index (χ3v) is 5.23. The maximum Gasteiger partial charge on any atom is 0.250 e. The number of fused-ring (bicyclic) bond motifs is 4. The van der Waals surface area contributed by atoms with E-state index in [1.165, 1.54) is 0 Å². The van der Waals surface area contributed by atoms with Gasteiger partial charge in [-0.25, -0.2) is 0 Å². The zero-order chi connectivity index (χ0) is 14.4. The van der Waals surface area contributed by atoms with Crippen molar-refractivity contribution < 1.29 is 0 Å². The molecule has 108 valence electrons. The molecule has 2 atom stereocenters. The van der Waals surface area contributed by atoms with E-state index >= 15 is 0 Å². The Morgan fingerprint density at radius 2 is 2.05 bits per heavy atom. The molecule has 0 saturated carbocycles. The molecule has 0 aliphatic carbocycles. The van der Waals surface area contributed by atoms with Gasteiger partial charge in [-0.05, 0) is 24.1 Å². The second-order valence-corrected chi connectivity index (χ2v) is 6.57. The summed E-state index contributed by atoms with van der Waals surface area (Å²) < 4.78 is 1.94. The number of benzene rings is 1. The molecular weight excluding hydrogens is 284 g/mol. The molecule has 21 heavy (non-hydrogen) atoms. The molecule has 0 spiro atoms. The van der Waals surface area contributed by atoms with Gasteiger partial charge in [0.25, 0.3) is 5.56 Å². The van der Waals surface area contributed by atoms with Crippen molar-refractivity contribution in [3.63, 3.8) is 0 Å². The smallest absolute Gasteiger partial charge is 0.250 e. The van der Waals surface area contributed by atoms with Gasteiger partial charge in [0.05, 0.1) is 0 Å². The molecule has 3 heterocycles. The first-order valence-corrected chi connectivity index (χ1v) is 7.73. The first-order chi connectivity index (χ1) is 10.2. The molecule has 2 bridgehead atoms. The zero-order valence-electron chi connectivity index (χ0n) is 11.7. The standard InChI is InChI=1S/C17H17ClN2O/c18-14-5-2-1-4-13(14)17-8-12(9-19-10-17)15-6-3-7-16(21)20(15)11-17/h1-7,12,19H,8-11H2/t12-,17-/m1/s1. The minimum absolute atomic E-state index is 0.0839. The fraction of sp³-hybridized carbons (Fsp3) is 0.353. The Labute approximate surface area is 128 Å². The number of nitrogens with one attached hydrogen (secondary N) is 1. The van der Waals surface area contributed by atoms with Crippen molar-refractivity contribution in [2.45, 2.75) is 24.3 Å². The van der Waals surface area contributed by atoms with Gasteiger partial charge in [-0.15, -0.1) is 0 Å². The second-order valence-electron chi connectivity index (χ2n) is 6.17. The molecule has 2 aromatic rings. The van der Waals surface area contributed by atoms with E-state index in [0.29, 0.717) is 12.5 Å². The van der Waals surface area contributed by atoms with E-state index in [-0.39, 0.29) is 11.0 Å². The maximum atomic E-state index is 12.3.